The van der Waals surface area contributed by atoms with E-state index in [4.69, 9.17) is 5.73 Å². The van der Waals surface area contributed by atoms with Crippen LogP contribution in [0.4, 0.5) is 0 Å². The summed E-state index contributed by atoms with van der Waals surface area (Å²) in [5.41, 5.74) is 5.43. The van der Waals surface area contributed by atoms with Crippen LogP contribution in [0.15, 0.2) is 4.99 Å². The number of rotatable bonds is 2. The summed E-state index contributed by atoms with van der Waals surface area (Å²) in [6.45, 7) is 3.79. The molecule has 0 aliphatic rings. The summed E-state index contributed by atoms with van der Waals surface area (Å²) in [5, 5.41) is 10.7. The van der Waals surface area contributed by atoms with Gasteiger partial charge in [-0.2, -0.15) is 0 Å². The molecule has 0 aliphatic carbocycles. The first-order valence-electron chi connectivity index (χ1n) is 2.98. The van der Waals surface area contributed by atoms with E-state index in [2.05, 4.69) is 4.99 Å². The zero-order valence-electron chi connectivity index (χ0n) is 6.09. The molecule has 0 bridgehead atoms. The Bertz CT molecular complexity index is 110. The molecule has 3 heteroatoms. The Morgan fingerprint density at radius 1 is 1.56 bits per heavy atom. The molecule has 0 amide bonds. The lowest BCUT2D eigenvalue weighted by molar-refractivity contribution is -0.221. The lowest BCUT2D eigenvalue weighted by atomic mass is 10.1. The molecule has 0 saturated carbocycles. The molecule has 0 radical (unpaired) electrons. The fourth-order valence-corrected chi connectivity index (χ4v) is 0.434. The molecule has 0 rings (SSSR count). The standard InChI is InChI=1S/C6H14N2O/c1-4(2)5(7)6(9)8-3/h4-5H,7H2,1-3H3,(H,8,9)/p-1/t5-/m0/s1. The third-order valence-electron chi connectivity index (χ3n) is 1.22. The maximum absolute atomic E-state index is 10.7. The molecule has 0 unspecified atom stereocenters. The van der Waals surface area contributed by atoms with E-state index in [9.17, 15) is 5.11 Å². The topological polar surface area (TPSA) is 61.4 Å². The molecule has 54 valence electrons. The van der Waals surface area contributed by atoms with Crippen LogP contribution in [-0.4, -0.2) is 19.0 Å². The molecular weight excluding hydrogens is 116 g/mol. The predicted molar refractivity (Wildman–Crippen MR) is 36.2 cm³/mol. The van der Waals surface area contributed by atoms with Gasteiger partial charge in [0.1, 0.15) is 0 Å². The minimum Gasteiger partial charge on any atom is -0.861 e. The fraction of sp³-hybridized carbons (Fsp3) is 0.833. The maximum atomic E-state index is 10.7. The second-order valence-electron chi connectivity index (χ2n) is 2.33. The molecule has 0 aliphatic heterocycles. The highest BCUT2D eigenvalue weighted by Gasteiger charge is 2.04. The van der Waals surface area contributed by atoms with Gasteiger partial charge in [0.2, 0.25) is 0 Å². The van der Waals surface area contributed by atoms with Gasteiger partial charge in [0.25, 0.3) is 0 Å². The minimum absolute atomic E-state index is 0.182. The number of nitrogens with zero attached hydrogens (tertiary/aromatic N) is 1. The zero-order chi connectivity index (χ0) is 7.44. The van der Waals surface area contributed by atoms with Gasteiger partial charge >= 0.3 is 0 Å². The molecule has 0 aromatic carbocycles. The number of hydrogen-bond donors (Lipinski definition) is 1. The van der Waals surface area contributed by atoms with Gasteiger partial charge in [-0.25, -0.2) is 0 Å². The molecule has 2 N–H and O–H groups in total. The Hall–Kier alpha value is -0.570. The van der Waals surface area contributed by atoms with Gasteiger partial charge in [-0.15, -0.1) is 0 Å². The van der Waals surface area contributed by atoms with Crippen molar-refractivity contribution in [3.8, 4) is 0 Å². The molecule has 0 spiro atoms. The van der Waals surface area contributed by atoms with Gasteiger partial charge in [-0.1, -0.05) is 13.8 Å². The number of hydrogen-bond acceptors (Lipinski definition) is 3. The van der Waals surface area contributed by atoms with Crippen LogP contribution >= 0.6 is 0 Å². The van der Waals surface area contributed by atoms with Gasteiger partial charge in [0.05, 0.1) is 0 Å². The van der Waals surface area contributed by atoms with Crippen LogP contribution in [0.3, 0.4) is 0 Å². The van der Waals surface area contributed by atoms with Crippen molar-refractivity contribution in [2.75, 3.05) is 7.05 Å². The van der Waals surface area contributed by atoms with E-state index in [0.717, 1.165) is 0 Å². The average molecular weight is 129 g/mol. The Morgan fingerprint density at radius 3 is 2.11 bits per heavy atom. The molecule has 0 aromatic heterocycles. The fourth-order valence-electron chi connectivity index (χ4n) is 0.434. The Labute approximate surface area is 55.6 Å². The van der Waals surface area contributed by atoms with Crippen molar-refractivity contribution in [2.45, 2.75) is 19.9 Å². The van der Waals surface area contributed by atoms with E-state index in [1.807, 2.05) is 13.8 Å². The normalized spacial score (nSPS) is 16.3. The Kier molecular flexibility index (Phi) is 3.24. The van der Waals surface area contributed by atoms with Crippen molar-refractivity contribution in [3.05, 3.63) is 0 Å². The molecular formula is C6H13N2O-. The van der Waals surface area contributed by atoms with Gasteiger partial charge < -0.3 is 15.8 Å². The molecule has 1 atom stereocenters. The molecule has 3 nitrogen and oxygen atoms in total. The Balaban J connectivity index is 3.88. The van der Waals surface area contributed by atoms with Crippen LogP contribution in [0.2, 0.25) is 0 Å². The van der Waals surface area contributed by atoms with Crippen molar-refractivity contribution < 1.29 is 5.11 Å². The van der Waals surface area contributed by atoms with Gasteiger partial charge in [0, 0.05) is 13.1 Å². The molecule has 0 fully saturated rings. The second-order valence-corrected chi connectivity index (χ2v) is 2.33. The van der Waals surface area contributed by atoms with Crippen LogP contribution in [0.5, 0.6) is 0 Å². The highest BCUT2D eigenvalue weighted by atomic mass is 16.3. The average Bonchev–Trinajstić information content (AvgIpc) is 1.84. The largest absolute Gasteiger partial charge is 0.861 e. The summed E-state index contributed by atoms with van der Waals surface area (Å²) in [4.78, 5) is 3.45. The van der Waals surface area contributed by atoms with Crippen LogP contribution in [-0.2, 0) is 0 Å². The van der Waals surface area contributed by atoms with E-state index in [1.54, 1.807) is 0 Å². The summed E-state index contributed by atoms with van der Waals surface area (Å²) in [5.74, 6) is -0.0359. The number of nitrogens with two attached hydrogens (primary N) is 1. The lowest BCUT2D eigenvalue weighted by Crippen LogP contribution is -2.42. The van der Waals surface area contributed by atoms with Crippen LogP contribution in [0.25, 0.3) is 0 Å². The van der Waals surface area contributed by atoms with Gasteiger partial charge in [-0.05, 0) is 11.8 Å². The summed E-state index contributed by atoms with van der Waals surface area (Å²) in [6, 6.07) is -0.421. The number of aliphatic imine (C=N–C) groups is 1. The summed E-state index contributed by atoms with van der Waals surface area (Å²) in [6.07, 6.45) is 0. The highest BCUT2D eigenvalue weighted by Crippen LogP contribution is 1.96. The van der Waals surface area contributed by atoms with E-state index in [-0.39, 0.29) is 11.8 Å². The van der Waals surface area contributed by atoms with Gasteiger partial charge in [0.15, 0.2) is 0 Å². The van der Waals surface area contributed by atoms with Crippen LogP contribution in [0.1, 0.15) is 13.8 Å². The Morgan fingerprint density at radius 2 is 2.00 bits per heavy atom. The summed E-state index contributed by atoms with van der Waals surface area (Å²) in [7, 11) is 1.46. The molecule has 0 saturated heterocycles. The molecule has 0 heterocycles. The van der Waals surface area contributed by atoms with E-state index < -0.39 is 6.04 Å². The zero-order valence-corrected chi connectivity index (χ0v) is 6.09. The third-order valence-corrected chi connectivity index (χ3v) is 1.22. The maximum Gasteiger partial charge on any atom is 0.0345 e. The first-order chi connectivity index (χ1) is 4.09. The van der Waals surface area contributed by atoms with Crippen molar-refractivity contribution in [2.24, 2.45) is 16.6 Å². The first kappa shape index (κ1) is 8.43. The molecule has 0 aromatic rings. The quantitative estimate of drug-likeness (QED) is 0.398. The van der Waals surface area contributed by atoms with Crippen LogP contribution < -0.4 is 10.8 Å². The van der Waals surface area contributed by atoms with Crippen LogP contribution in [0, 0.1) is 5.92 Å². The van der Waals surface area contributed by atoms with E-state index in [1.165, 1.54) is 7.05 Å². The SMILES string of the molecule is CN=C([O-])[C@@H](N)C(C)C. The second kappa shape index (κ2) is 3.45. The van der Waals surface area contributed by atoms with Crippen molar-refractivity contribution in [1.82, 2.24) is 0 Å². The van der Waals surface area contributed by atoms with Crippen molar-refractivity contribution >= 4 is 5.90 Å². The minimum atomic E-state index is -0.421. The van der Waals surface area contributed by atoms with E-state index >= 15 is 0 Å². The van der Waals surface area contributed by atoms with E-state index in [0.29, 0.717) is 0 Å². The van der Waals surface area contributed by atoms with Crippen molar-refractivity contribution in [1.29, 1.82) is 0 Å². The van der Waals surface area contributed by atoms with Gasteiger partial charge in [-0.3, -0.25) is 0 Å². The summed E-state index contributed by atoms with van der Waals surface area (Å²) < 4.78 is 0. The molecule has 9 heavy (non-hydrogen) atoms. The third kappa shape index (κ3) is 2.46. The van der Waals surface area contributed by atoms with Crippen molar-refractivity contribution in [3.63, 3.8) is 0 Å². The highest BCUT2D eigenvalue weighted by molar-refractivity contribution is 5.77. The summed E-state index contributed by atoms with van der Waals surface area (Å²) >= 11 is 0. The predicted octanol–water partition coefficient (Wildman–Crippen LogP) is -0.642. The monoisotopic (exact) mass is 129 g/mol. The lowest BCUT2D eigenvalue weighted by Gasteiger charge is -2.21. The first-order valence-corrected chi connectivity index (χ1v) is 2.98. The smallest absolute Gasteiger partial charge is 0.0345 e.